The van der Waals surface area contributed by atoms with Crippen molar-refractivity contribution in [2.45, 2.75) is 0 Å². The number of rotatable bonds is 5. The Morgan fingerprint density at radius 3 is 1.28 bits per heavy atom. The number of carbonyl (C=O) groups is 5. The Labute approximate surface area is 142 Å². The molecule has 7 nitrogen and oxygen atoms in total. The van der Waals surface area contributed by atoms with Crippen LogP contribution in [-0.4, -0.2) is 30.7 Å². The highest BCUT2D eigenvalue weighted by atomic mass is 16.2. The molecule has 0 aromatic heterocycles. The number of hydrazine groups is 1. The highest BCUT2D eigenvalue weighted by molar-refractivity contribution is 6.29. The smallest absolute Gasteiger partial charge is 0.266 e. The van der Waals surface area contributed by atoms with E-state index in [1.807, 2.05) is 0 Å². The summed E-state index contributed by atoms with van der Waals surface area (Å²) in [5.74, 6) is -2.80. The van der Waals surface area contributed by atoms with Gasteiger partial charge in [-0.2, -0.15) is 0 Å². The van der Waals surface area contributed by atoms with E-state index in [4.69, 9.17) is 0 Å². The molecule has 1 heterocycles. The third kappa shape index (κ3) is 2.72. The number of benzene rings is 2. The number of carbonyl (C=O) groups excluding carboxylic acids is 5. The summed E-state index contributed by atoms with van der Waals surface area (Å²) in [5.41, 5.74) is 1.51. The second kappa shape index (κ2) is 6.48. The van der Waals surface area contributed by atoms with Gasteiger partial charge in [0.1, 0.15) is 18.9 Å². The minimum atomic E-state index is -1.43. The van der Waals surface area contributed by atoms with Crippen LogP contribution in [0.5, 0.6) is 0 Å². The Hall–Kier alpha value is -3.61. The average molecular weight is 336 g/mol. The van der Waals surface area contributed by atoms with E-state index < -0.39 is 17.7 Å². The van der Waals surface area contributed by atoms with Gasteiger partial charge in [0.2, 0.25) is 0 Å². The second-order valence-corrected chi connectivity index (χ2v) is 5.33. The molecule has 1 aliphatic rings. The summed E-state index contributed by atoms with van der Waals surface area (Å²) in [5, 5.41) is 2.18. The molecular formula is C18H12N2O5. The van der Waals surface area contributed by atoms with E-state index in [2.05, 4.69) is 0 Å². The summed E-state index contributed by atoms with van der Waals surface area (Å²) in [7, 11) is 0. The fourth-order valence-corrected chi connectivity index (χ4v) is 2.56. The molecule has 2 aromatic rings. The normalized spacial score (nSPS) is 14.7. The molecule has 0 atom stereocenters. The first-order valence-corrected chi connectivity index (χ1v) is 7.34. The minimum absolute atomic E-state index is 0.303. The number of amides is 2. The molecule has 0 saturated carbocycles. The van der Waals surface area contributed by atoms with Crippen LogP contribution in [-0.2, 0) is 14.4 Å². The Kier molecular flexibility index (Phi) is 4.21. The summed E-state index contributed by atoms with van der Waals surface area (Å²) in [6.45, 7) is 0. The highest BCUT2D eigenvalue weighted by Gasteiger charge is 2.47. The van der Waals surface area contributed by atoms with Crippen molar-refractivity contribution in [3.63, 3.8) is 0 Å². The average Bonchev–Trinajstić information content (AvgIpc) is 2.91. The fraction of sp³-hybridized carbons (Fsp3) is 0.0556. The van der Waals surface area contributed by atoms with Crippen LogP contribution in [0.4, 0.5) is 11.4 Å². The topological polar surface area (TPSA) is 91.8 Å². The largest absolute Gasteiger partial charge is 0.302 e. The first-order chi connectivity index (χ1) is 12.1. The van der Waals surface area contributed by atoms with Crippen LogP contribution in [0.3, 0.4) is 0 Å². The number of hydrogen-bond donors (Lipinski definition) is 0. The van der Waals surface area contributed by atoms with Crippen LogP contribution in [0.25, 0.3) is 0 Å². The van der Waals surface area contributed by atoms with E-state index >= 15 is 0 Å². The standard InChI is InChI=1S/C18H12N2O5/c21-9-12-1-5-14(6-2-12)19-17(24)16(11-23)18(25)20(19)15-7-3-13(10-22)4-8-15/h1-11,16H. The zero-order valence-electron chi connectivity index (χ0n) is 12.9. The number of nitrogens with zero attached hydrogens (tertiary/aromatic N) is 2. The Bertz CT molecular complexity index is 789. The van der Waals surface area contributed by atoms with Gasteiger partial charge in [-0.1, -0.05) is 0 Å². The van der Waals surface area contributed by atoms with Gasteiger partial charge in [0, 0.05) is 11.1 Å². The maximum absolute atomic E-state index is 12.5. The van der Waals surface area contributed by atoms with Crippen LogP contribution < -0.4 is 10.0 Å². The molecule has 0 unspecified atom stereocenters. The molecule has 25 heavy (non-hydrogen) atoms. The molecule has 2 aromatic carbocycles. The molecule has 0 spiro atoms. The van der Waals surface area contributed by atoms with Gasteiger partial charge in [0.25, 0.3) is 11.8 Å². The van der Waals surface area contributed by atoms with Crippen LogP contribution in [0.2, 0.25) is 0 Å². The van der Waals surface area contributed by atoms with E-state index in [1.165, 1.54) is 48.5 Å². The zero-order valence-corrected chi connectivity index (χ0v) is 12.9. The third-order valence-corrected chi connectivity index (χ3v) is 3.83. The summed E-state index contributed by atoms with van der Waals surface area (Å²) < 4.78 is 0. The first-order valence-electron chi connectivity index (χ1n) is 7.34. The molecule has 7 heteroatoms. The number of aldehydes is 3. The van der Waals surface area contributed by atoms with Gasteiger partial charge >= 0.3 is 0 Å². The van der Waals surface area contributed by atoms with Gasteiger partial charge in [-0.25, -0.2) is 10.0 Å². The number of anilines is 2. The summed E-state index contributed by atoms with van der Waals surface area (Å²) in [4.78, 5) is 57.8. The minimum Gasteiger partial charge on any atom is -0.302 e. The number of hydrogen-bond acceptors (Lipinski definition) is 5. The molecule has 2 amide bonds. The molecule has 124 valence electrons. The highest BCUT2D eigenvalue weighted by Crippen LogP contribution is 2.31. The Morgan fingerprint density at radius 2 is 1.00 bits per heavy atom. The third-order valence-electron chi connectivity index (χ3n) is 3.83. The van der Waals surface area contributed by atoms with Gasteiger partial charge in [-0.3, -0.25) is 19.2 Å². The Balaban J connectivity index is 2.08. The van der Waals surface area contributed by atoms with Crippen molar-refractivity contribution < 1.29 is 24.0 Å². The summed E-state index contributed by atoms with van der Waals surface area (Å²) in [6, 6.07) is 12.0. The molecular weight excluding hydrogens is 324 g/mol. The lowest BCUT2D eigenvalue weighted by Crippen LogP contribution is -2.41. The Morgan fingerprint density at radius 1 is 0.640 bits per heavy atom. The molecule has 0 bridgehead atoms. The first kappa shape index (κ1) is 16.3. The van der Waals surface area contributed by atoms with Gasteiger partial charge in [-0.05, 0) is 48.5 Å². The van der Waals surface area contributed by atoms with E-state index in [-0.39, 0.29) is 0 Å². The van der Waals surface area contributed by atoms with Gasteiger partial charge in [-0.15, -0.1) is 0 Å². The molecule has 0 radical (unpaired) electrons. The van der Waals surface area contributed by atoms with Crippen molar-refractivity contribution >= 4 is 42.0 Å². The van der Waals surface area contributed by atoms with Gasteiger partial charge in [0.15, 0.2) is 5.92 Å². The van der Waals surface area contributed by atoms with Gasteiger partial charge < -0.3 is 4.79 Å². The van der Waals surface area contributed by atoms with Crippen molar-refractivity contribution in [1.29, 1.82) is 0 Å². The van der Waals surface area contributed by atoms with Crippen molar-refractivity contribution in [3.8, 4) is 0 Å². The van der Waals surface area contributed by atoms with Crippen molar-refractivity contribution in [1.82, 2.24) is 0 Å². The summed E-state index contributed by atoms with van der Waals surface area (Å²) >= 11 is 0. The maximum Gasteiger partial charge on any atom is 0.266 e. The van der Waals surface area contributed by atoms with Crippen LogP contribution >= 0.6 is 0 Å². The summed E-state index contributed by atoms with van der Waals surface area (Å²) in [6.07, 6.45) is 1.62. The van der Waals surface area contributed by atoms with Crippen LogP contribution in [0.15, 0.2) is 48.5 Å². The fourth-order valence-electron chi connectivity index (χ4n) is 2.56. The molecule has 0 N–H and O–H groups in total. The predicted octanol–water partition coefficient (Wildman–Crippen LogP) is 1.42. The SMILES string of the molecule is O=Cc1ccc(N2C(=O)C(C=O)C(=O)N2c2ccc(C=O)cc2)cc1. The maximum atomic E-state index is 12.5. The molecule has 1 fully saturated rings. The molecule has 3 rings (SSSR count). The zero-order chi connectivity index (χ0) is 18.0. The molecule has 1 saturated heterocycles. The lowest BCUT2D eigenvalue weighted by molar-refractivity contribution is -0.131. The van der Waals surface area contributed by atoms with Crippen molar-refractivity contribution in [2.75, 3.05) is 10.0 Å². The second-order valence-electron chi connectivity index (χ2n) is 5.33. The van der Waals surface area contributed by atoms with E-state index in [9.17, 15) is 24.0 Å². The lowest BCUT2D eigenvalue weighted by atomic mass is 10.1. The van der Waals surface area contributed by atoms with E-state index in [0.717, 1.165) is 10.0 Å². The molecule has 0 aliphatic carbocycles. The molecule has 1 aliphatic heterocycles. The van der Waals surface area contributed by atoms with Crippen molar-refractivity contribution in [2.24, 2.45) is 5.92 Å². The van der Waals surface area contributed by atoms with E-state index in [1.54, 1.807) is 0 Å². The lowest BCUT2D eigenvalue weighted by Gasteiger charge is -2.27. The van der Waals surface area contributed by atoms with Crippen molar-refractivity contribution in [3.05, 3.63) is 59.7 Å². The van der Waals surface area contributed by atoms with E-state index in [0.29, 0.717) is 41.4 Å². The quantitative estimate of drug-likeness (QED) is 0.608. The predicted molar refractivity (Wildman–Crippen MR) is 88.2 cm³/mol. The van der Waals surface area contributed by atoms with Gasteiger partial charge in [0.05, 0.1) is 11.4 Å². The van der Waals surface area contributed by atoms with Crippen LogP contribution in [0.1, 0.15) is 20.7 Å². The van der Waals surface area contributed by atoms with Crippen LogP contribution in [0, 0.1) is 5.92 Å². The monoisotopic (exact) mass is 336 g/mol.